The molecule has 0 bridgehead atoms. The molecule has 0 aromatic heterocycles. The second-order valence-corrected chi connectivity index (χ2v) is 4.25. The number of nitrogens with one attached hydrogen (secondary N) is 1. The van der Waals surface area contributed by atoms with Crippen LogP contribution in [-0.4, -0.2) is 5.54 Å². The van der Waals surface area contributed by atoms with E-state index in [1.807, 2.05) is 12.1 Å². The minimum absolute atomic E-state index is 0.178. The van der Waals surface area contributed by atoms with Gasteiger partial charge in [0.05, 0.1) is 0 Å². The molecule has 1 unspecified atom stereocenters. The van der Waals surface area contributed by atoms with Gasteiger partial charge >= 0.3 is 0 Å². The van der Waals surface area contributed by atoms with Gasteiger partial charge in [-0.1, -0.05) is 43.3 Å². The number of rotatable bonds is 6. The minimum atomic E-state index is 0.178. The van der Waals surface area contributed by atoms with Crippen LogP contribution in [-0.2, 0) is 6.54 Å². The van der Waals surface area contributed by atoms with E-state index >= 15 is 0 Å². The monoisotopic (exact) mass is 203 g/mol. The van der Waals surface area contributed by atoms with Crippen LogP contribution in [0, 0.1) is 0 Å². The molecule has 1 nitrogen and oxygen atoms in total. The highest BCUT2D eigenvalue weighted by Gasteiger charge is 2.18. The fourth-order valence-corrected chi connectivity index (χ4v) is 1.57. The Balaban J connectivity index is 2.51. The highest BCUT2D eigenvalue weighted by atomic mass is 15.0. The highest BCUT2D eigenvalue weighted by molar-refractivity contribution is 5.14. The van der Waals surface area contributed by atoms with Crippen LogP contribution in [0.15, 0.2) is 43.0 Å². The molecular weight excluding hydrogens is 182 g/mol. The van der Waals surface area contributed by atoms with Gasteiger partial charge in [0.1, 0.15) is 0 Å². The first-order chi connectivity index (χ1) is 7.20. The Bertz CT molecular complexity index is 291. The molecule has 0 spiro atoms. The lowest BCUT2D eigenvalue weighted by Gasteiger charge is -2.28. The van der Waals surface area contributed by atoms with Crippen molar-refractivity contribution in [3.8, 4) is 0 Å². The van der Waals surface area contributed by atoms with Crippen molar-refractivity contribution in [1.29, 1.82) is 0 Å². The van der Waals surface area contributed by atoms with Crippen molar-refractivity contribution in [2.24, 2.45) is 0 Å². The van der Waals surface area contributed by atoms with Gasteiger partial charge in [0, 0.05) is 12.1 Å². The number of hydrogen-bond donors (Lipinski definition) is 1. The summed E-state index contributed by atoms with van der Waals surface area (Å²) < 4.78 is 0. The van der Waals surface area contributed by atoms with E-state index in [2.05, 4.69) is 50.0 Å². The summed E-state index contributed by atoms with van der Waals surface area (Å²) >= 11 is 0. The SMILES string of the molecule is C=CCC(C)(CC)NCc1ccccc1. The summed E-state index contributed by atoms with van der Waals surface area (Å²) in [6, 6.07) is 10.5. The average Bonchev–Trinajstić information content (AvgIpc) is 2.28. The van der Waals surface area contributed by atoms with E-state index < -0.39 is 0 Å². The molecule has 0 radical (unpaired) electrons. The van der Waals surface area contributed by atoms with Crippen molar-refractivity contribution in [2.75, 3.05) is 0 Å². The first-order valence-electron chi connectivity index (χ1n) is 5.60. The Morgan fingerprint density at radius 3 is 2.53 bits per heavy atom. The summed E-state index contributed by atoms with van der Waals surface area (Å²) in [5.41, 5.74) is 1.51. The Hall–Kier alpha value is -1.08. The maximum absolute atomic E-state index is 3.81. The summed E-state index contributed by atoms with van der Waals surface area (Å²) in [5.74, 6) is 0. The van der Waals surface area contributed by atoms with E-state index in [4.69, 9.17) is 0 Å². The van der Waals surface area contributed by atoms with E-state index in [0.29, 0.717) is 0 Å². The fourth-order valence-electron chi connectivity index (χ4n) is 1.57. The van der Waals surface area contributed by atoms with Crippen LogP contribution in [0.1, 0.15) is 32.3 Å². The Kier molecular flexibility index (Phi) is 4.57. The van der Waals surface area contributed by atoms with Gasteiger partial charge in [-0.2, -0.15) is 0 Å². The lowest BCUT2D eigenvalue weighted by atomic mass is 9.94. The lowest BCUT2D eigenvalue weighted by Crippen LogP contribution is -2.40. The van der Waals surface area contributed by atoms with Gasteiger partial charge < -0.3 is 5.32 Å². The van der Waals surface area contributed by atoms with E-state index in [1.165, 1.54) is 5.56 Å². The summed E-state index contributed by atoms with van der Waals surface area (Å²) in [6.45, 7) is 9.20. The van der Waals surface area contributed by atoms with Gasteiger partial charge in [-0.05, 0) is 25.3 Å². The smallest absolute Gasteiger partial charge is 0.0210 e. The summed E-state index contributed by atoms with van der Waals surface area (Å²) in [4.78, 5) is 0. The van der Waals surface area contributed by atoms with E-state index in [1.54, 1.807) is 0 Å². The third-order valence-electron chi connectivity index (χ3n) is 2.94. The Morgan fingerprint density at radius 1 is 1.33 bits per heavy atom. The third kappa shape index (κ3) is 3.88. The van der Waals surface area contributed by atoms with Crippen molar-refractivity contribution in [2.45, 2.75) is 38.8 Å². The van der Waals surface area contributed by atoms with Crippen LogP contribution in [0.5, 0.6) is 0 Å². The molecular formula is C14H21N. The predicted molar refractivity (Wildman–Crippen MR) is 66.8 cm³/mol. The maximum Gasteiger partial charge on any atom is 0.0210 e. The molecule has 15 heavy (non-hydrogen) atoms. The van der Waals surface area contributed by atoms with Gasteiger partial charge in [0.2, 0.25) is 0 Å². The molecule has 1 aromatic carbocycles. The molecule has 0 fully saturated rings. The first kappa shape index (κ1) is 12.0. The molecule has 0 saturated carbocycles. The molecule has 0 aliphatic carbocycles. The zero-order valence-electron chi connectivity index (χ0n) is 9.79. The normalized spacial score (nSPS) is 14.5. The number of benzene rings is 1. The summed E-state index contributed by atoms with van der Waals surface area (Å²) in [6.07, 6.45) is 4.11. The highest BCUT2D eigenvalue weighted by Crippen LogP contribution is 2.15. The molecule has 0 amide bonds. The maximum atomic E-state index is 3.81. The van der Waals surface area contributed by atoms with E-state index in [0.717, 1.165) is 19.4 Å². The van der Waals surface area contributed by atoms with E-state index in [9.17, 15) is 0 Å². The molecule has 1 atom stereocenters. The van der Waals surface area contributed by atoms with Crippen molar-refractivity contribution in [3.05, 3.63) is 48.6 Å². The van der Waals surface area contributed by atoms with Crippen molar-refractivity contribution < 1.29 is 0 Å². The molecule has 1 heteroatoms. The number of hydrogen-bond acceptors (Lipinski definition) is 1. The zero-order valence-corrected chi connectivity index (χ0v) is 9.79. The van der Waals surface area contributed by atoms with Crippen molar-refractivity contribution in [1.82, 2.24) is 5.32 Å². The van der Waals surface area contributed by atoms with Gasteiger partial charge in [-0.3, -0.25) is 0 Å². The quantitative estimate of drug-likeness (QED) is 0.697. The van der Waals surface area contributed by atoms with Gasteiger partial charge in [-0.15, -0.1) is 6.58 Å². The van der Waals surface area contributed by atoms with Crippen molar-refractivity contribution >= 4 is 0 Å². The molecule has 0 aliphatic heterocycles. The topological polar surface area (TPSA) is 12.0 Å². The van der Waals surface area contributed by atoms with Gasteiger partial charge in [0.25, 0.3) is 0 Å². The molecule has 1 N–H and O–H groups in total. The van der Waals surface area contributed by atoms with Crippen LogP contribution in [0.25, 0.3) is 0 Å². The molecule has 0 aliphatic rings. The first-order valence-corrected chi connectivity index (χ1v) is 5.60. The summed E-state index contributed by atoms with van der Waals surface area (Å²) in [5, 5.41) is 3.59. The van der Waals surface area contributed by atoms with E-state index in [-0.39, 0.29) is 5.54 Å². The van der Waals surface area contributed by atoms with Crippen LogP contribution < -0.4 is 5.32 Å². The summed E-state index contributed by atoms with van der Waals surface area (Å²) in [7, 11) is 0. The second-order valence-electron chi connectivity index (χ2n) is 4.25. The lowest BCUT2D eigenvalue weighted by molar-refractivity contribution is 0.344. The van der Waals surface area contributed by atoms with Crippen LogP contribution >= 0.6 is 0 Å². The molecule has 0 saturated heterocycles. The fraction of sp³-hybridized carbons (Fsp3) is 0.429. The standard InChI is InChI=1S/C14H21N/c1-4-11-14(3,5-2)15-12-13-9-7-6-8-10-13/h4,6-10,15H,1,5,11-12H2,2-3H3. The van der Waals surface area contributed by atoms with Crippen molar-refractivity contribution in [3.63, 3.8) is 0 Å². The second kappa shape index (κ2) is 5.72. The van der Waals surface area contributed by atoms with Crippen LogP contribution in [0.4, 0.5) is 0 Å². The predicted octanol–water partition coefficient (Wildman–Crippen LogP) is 3.52. The van der Waals surface area contributed by atoms with Gasteiger partial charge in [0.15, 0.2) is 0 Å². The molecule has 1 aromatic rings. The Morgan fingerprint density at radius 2 is 2.00 bits per heavy atom. The third-order valence-corrected chi connectivity index (χ3v) is 2.94. The minimum Gasteiger partial charge on any atom is -0.307 e. The van der Waals surface area contributed by atoms with Gasteiger partial charge in [-0.25, -0.2) is 0 Å². The molecule has 1 rings (SSSR count). The van der Waals surface area contributed by atoms with Crippen LogP contribution in [0.2, 0.25) is 0 Å². The Labute approximate surface area is 93.2 Å². The zero-order chi connectivity index (χ0) is 11.1. The molecule has 0 heterocycles. The molecule has 82 valence electrons. The average molecular weight is 203 g/mol. The van der Waals surface area contributed by atoms with Crippen LogP contribution in [0.3, 0.4) is 0 Å². The largest absolute Gasteiger partial charge is 0.307 e.